The third-order valence-electron chi connectivity index (χ3n) is 17.1. The first-order valence-electron chi connectivity index (χ1n) is 35.9. The number of hydrogen-bond acceptors (Lipinski definition) is 5. The monoisotopic (exact) mass is 1100 g/mol. The SMILES string of the molecule is CCCC/C=C\CCCCCCCC(=O)OCCCCCCCCCCCCCCCCCCCCCCCCCCCCCCCCCC(=O)NC(CO)C(O)CCCCCCCCCCCCCCCCCCCCC. The maximum Gasteiger partial charge on any atom is 0.305 e. The summed E-state index contributed by atoms with van der Waals surface area (Å²) in [6, 6.07) is -0.538. The second-order valence-corrected chi connectivity index (χ2v) is 24.9. The van der Waals surface area contributed by atoms with Gasteiger partial charge in [0.05, 0.1) is 25.4 Å². The van der Waals surface area contributed by atoms with Crippen molar-refractivity contribution >= 4 is 11.9 Å². The molecule has 2 unspecified atom stereocenters. The zero-order chi connectivity index (χ0) is 56.4. The number of rotatable bonds is 68. The van der Waals surface area contributed by atoms with Crippen LogP contribution < -0.4 is 5.32 Å². The highest BCUT2D eigenvalue weighted by Gasteiger charge is 2.20. The van der Waals surface area contributed by atoms with E-state index in [1.54, 1.807) is 0 Å². The highest BCUT2D eigenvalue weighted by atomic mass is 16.5. The normalized spacial score (nSPS) is 12.5. The van der Waals surface area contributed by atoms with Crippen molar-refractivity contribution < 1.29 is 24.5 Å². The van der Waals surface area contributed by atoms with Crippen molar-refractivity contribution in [1.82, 2.24) is 5.32 Å². The van der Waals surface area contributed by atoms with Gasteiger partial charge in [-0.3, -0.25) is 9.59 Å². The number of esters is 1. The molecule has 0 aliphatic rings. The van der Waals surface area contributed by atoms with E-state index in [0.29, 0.717) is 25.9 Å². The Morgan fingerprint density at radius 1 is 0.346 bits per heavy atom. The number of nitrogens with one attached hydrogen (secondary N) is 1. The summed E-state index contributed by atoms with van der Waals surface area (Å²) < 4.78 is 5.47. The molecule has 6 nitrogen and oxygen atoms in total. The molecule has 0 saturated carbocycles. The van der Waals surface area contributed by atoms with Crippen molar-refractivity contribution in [3.63, 3.8) is 0 Å². The Bertz CT molecular complexity index is 1180. The van der Waals surface area contributed by atoms with Gasteiger partial charge in [-0.2, -0.15) is 0 Å². The fourth-order valence-electron chi connectivity index (χ4n) is 11.6. The maximum absolute atomic E-state index is 12.5. The van der Waals surface area contributed by atoms with Gasteiger partial charge in [0, 0.05) is 12.8 Å². The van der Waals surface area contributed by atoms with E-state index in [-0.39, 0.29) is 18.5 Å². The zero-order valence-electron chi connectivity index (χ0n) is 53.2. The molecule has 3 N–H and O–H groups in total. The number of carbonyl (C=O) groups excluding carboxylic acids is 2. The number of amides is 1. The molecule has 0 aliphatic carbocycles. The van der Waals surface area contributed by atoms with Crippen LogP contribution in [0.4, 0.5) is 0 Å². The van der Waals surface area contributed by atoms with Crippen LogP contribution in [0.5, 0.6) is 0 Å². The van der Waals surface area contributed by atoms with E-state index >= 15 is 0 Å². The lowest BCUT2D eigenvalue weighted by atomic mass is 10.0. The largest absolute Gasteiger partial charge is 0.466 e. The molecular formula is C72H141NO5. The Labute approximate surface area is 489 Å². The molecular weight excluding hydrogens is 959 g/mol. The van der Waals surface area contributed by atoms with Gasteiger partial charge in [0.25, 0.3) is 0 Å². The molecule has 0 aliphatic heterocycles. The van der Waals surface area contributed by atoms with Crippen molar-refractivity contribution in [2.24, 2.45) is 0 Å². The molecule has 0 rings (SSSR count). The van der Waals surface area contributed by atoms with Gasteiger partial charge in [0.15, 0.2) is 0 Å². The second kappa shape index (κ2) is 68.1. The van der Waals surface area contributed by atoms with Gasteiger partial charge in [0.1, 0.15) is 0 Å². The fraction of sp³-hybridized carbons (Fsp3) is 0.944. The number of ether oxygens (including phenoxy) is 1. The summed E-state index contributed by atoms with van der Waals surface area (Å²) in [5.74, 6) is -0.0157. The van der Waals surface area contributed by atoms with Crippen LogP contribution in [-0.4, -0.2) is 47.4 Å². The average Bonchev–Trinajstić information content (AvgIpc) is 3.44. The lowest BCUT2D eigenvalue weighted by molar-refractivity contribution is -0.143. The summed E-state index contributed by atoms with van der Waals surface area (Å²) in [6.45, 7) is 4.96. The van der Waals surface area contributed by atoms with Crippen molar-refractivity contribution in [3.05, 3.63) is 12.2 Å². The quantitative estimate of drug-likeness (QED) is 0.0320. The highest BCUT2D eigenvalue weighted by Crippen LogP contribution is 2.20. The van der Waals surface area contributed by atoms with E-state index in [9.17, 15) is 19.8 Å². The molecule has 1 amide bonds. The summed E-state index contributed by atoms with van der Waals surface area (Å²) in [4.78, 5) is 24.5. The molecule has 0 radical (unpaired) electrons. The summed E-state index contributed by atoms with van der Waals surface area (Å²) in [6.07, 6.45) is 84.2. The zero-order valence-corrected chi connectivity index (χ0v) is 53.2. The number of aliphatic hydroxyl groups excluding tert-OH is 2. The molecule has 0 aromatic rings. The highest BCUT2D eigenvalue weighted by molar-refractivity contribution is 5.76. The molecule has 2 atom stereocenters. The first kappa shape index (κ1) is 76.6. The fourth-order valence-corrected chi connectivity index (χ4v) is 11.6. The van der Waals surface area contributed by atoms with Gasteiger partial charge >= 0.3 is 5.97 Å². The smallest absolute Gasteiger partial charge is 0.305 e. The van der Waals surface area contributed by atoms with Gasteiger partial charge in [0.2, 0.25) is 5.91 Å². The third kappa shape index (κ3) is 63.8. The number of unbranched alkanes of at least 4 members (excludes halogenated alkanes) is 55. The van der Waals surface area contributed by atoms with Crippen LogP contribution in [0.15, 0.2) is 12.2 Å². The van der Waals surface area contributed by atoms with E-state index in [4.69, 9.17) is 4.74 Å². The Balaban J connectivity index is 3.33. The molecule has 464 valence electrons. The molecule has 0 aromatic heterocycles. The van der Waals surface area contributed by atoms with Crippen LogP contribution in [0, 0.1) is 0 Å². The minimum absolute atomic E-state index is 0.0104. The van der Waals surface area contributed by atoms with Gasteiger partial charge in [-0.15, -0.1) is 0 Å². The predicted molar refractivity (Wildman–Crippen MR) is 343 cm³/mol. The molecule has 0 fully saturated rings. The number of hydrogen-bond donors (Lipinski definition) is 3. The van der Waals surface area contributed by atoms with Crippen LogP contribution in [0.2, 0.25) is 0 Å². The predicted octanol–water partition coefficient (Wildman–Crippen LogP) is 23.1. The van der Waals surface area contributed by atoms with E-state index in [2.05, 4.69) is 31.3 Å². The molecule has 0 saturated heterocycles. The maximum atomic E-state index is 12.5. The number of carbonyl (C=O) groups is 2. The van der Waals surface area contributed by atoms with E-state index < -0.39 is 12.1 Å². The molecule has 78 heavy (non-hydrogen) atoms. The van der Waals surface area contributed by atoms with Crippen LogP contribution in [-0.2, 0) is 14.3 Å². The summed E-state index contributed by atoms with van der Waals surface area (Å²) in [7, 11) is 0. The molecule has 0 aromatic carbocycles. The topological polar surface area (TPSA) is 95.9 Å². The van der Waals surface area contributed by atoms with Crippen LogP contribution in [0.1, 0.15) is 412 Å². The third-order valence-corrected chi connectivity index (χ3v) is 17.1. The van der Waals surface area contributed by atoms with Crippen molar-refractivity contribution in [2.45, 2.75) is 424 Å². The Morgan fingerprint density at radius 2 is 0.615 bits per heavy atom. The van der Waals surface area contributed by atoms with Gasteiger partial charge < -0.3 is 20.3 Å². The van der Waals surface area contributed by atoms with Gasteiger partial charge in [-0.1, -0.05) is 366 Å². The first-order chi connectivity index (χ1) is 38.5. The summed E-state index contributed by atoms with van der Waals surface area (Å²) >= 11 is 0. The molecule has 6 heteroatoms. The lowest BCUT2D eigenvalue weighted by Gasteiger charge is -2.22. The molecule has 0 spiro atoms. The summed E-state index contributed by atoms with van der Waals surface area (Å²) in [5.41, 5.74) is 0. The number of allylic oxidation sites excluding steroid dienone is 2. The van der Waals surface area contributed by atoms with E-state index in [1.807, 2.05) is 0 Å². The molecule has 0 heterocycles. The van der Waals surface area contributed by atoms with Crippen molar-refractivity contribution in [3.8, 4) is 0 Å². The van der Waals surface area contributed by atoms with Crippen LogP contribution in [0.25, 0.3) is 0 Å². The van der Waals surface area contributed by atoms with Crippen molar-refractivity contribution in [1.29, 1.82) is 0 Å². The minimum atomic E-state index is -0.661. The van der Waals surface area contributed by atoms with Crippen LogP contribution >= 0.6 is 0 Å². The Hall–Kier alpha value is -1.40. The average molecular weight is 1100 g/mol. The van der Waals surface area contributed by atoms with Crippen LogP contribution in [0.3, 0.4) is 0 Å². The minimum Gasteiger partial charge on any atom is -0.466 e. The van der Waals surface area contributed by atoms with Crippen molar-refractivity contribution in [2.75, 3.05) is 13.2 Å². The van der Waals surface area contributed by atoms with Gasteiger partial charge in [-0.25, -0.2) is 0 Å². The standard InChI is InChI=1S/C72H141NO5/c1-3-5-7-9-11-13-15-16-17-18-32-35-38-41-45-48-52-56-60-64-70(75)69(68-74)73-71(76)65-61-57-53-49-46-42-39-36-33-30-28-26-24-22-20-19-21-23-25-27-29-31-34-37-40-43-47-51-55-59-63-67-78-72(77)66-62-58-54-50-44-14-12-10-8-6-4-2/h10,12,69-70,74-75H,3-9,11,13-68H2,1-2H3,(H,73,76)/b12-10-. The Kier molecular flexibility index (Phi) is 66.9. The second-order valence-electron chi connectivity index (χ2n) is 24.9. The molecule has 0 bridgehead atoms. The summed E-state index contributed by atoms with van der Waals surface area (Å²) in [5, 5.41) is 23.4. The van der Waals surface area contributed by atoms with E-state index in [0.717, 1.165) is 44.9 Å². The first-order valence-corrected chi connectivity index (χ1v) is 35.9. The van der Waals surface area contributed by atoms with Gasteiger partial charge in [-0.05, 0) is 44.9 Å². The Morgan fingerprint density at radius 3 is 0.949 bits per heavy atom. The van der Waals surface area contributed by atoms with E-state index in [1.165, 1.54) is 334 Å². The number of aliphatic hydroxyl groups is 2. The lowest BCUT2D eigenvalue weighted by Crippen LogP contribution is -2.45.